The van der Waals surface area contributed by atoms with Gasteiger partial charge in [-0.25, -0.2) is 21.9 Å². The van der Waals surface area contributed by atoms with Crippen molar-refractivity contribution in [2.75, 3.05) is 6.54 Å². The number of sulfonamides is 1. The van der Waals surface area contributed by atoms with E-state index in [4.69, 9.17) is 16.2 Å². The highest BCUT2D eigenvalue weighted by molar-refractivity contribution is 7.89. The predicted molar refractivity (Wildman–Crippen MR) is 127 cm³/mol. The minimum Gasteiger partial charge on any atom is -0.451 e. The van der Waals surface area contributed by atoms with Gasteiger partial charge in [0.15, 0.2) is 23.3 Å². The predicted octanol–water partition coefficient (Wildman–Crippen LogP) is 3.67. The molecular weight excluding hydrogens is 466 g/mol. The molecule has 1 atom stereocenters. The number of benzene rings is 2. The fourth-order valence-electron chi connectivity index (χ4n) is 3.01. The van der Waals surface area contributed by atoms with E-state index in [9.17, 15) is 22.0 Å². The number of halogens is 2. The van der Waals surface area contributed by atoms with Crippen LogP contribution in [0.1, 0.15) is 39.2 Å². The maximum atomic E-state index is 14.5. The molecule has 5 N–H and O–H groups in total. The zero-order valence-corrected chi connectivity index (χ0v) is 20.0. The fourth-order valence-corrected chi connectivity index (χ4v) is 4.18. The molecular formula is C23H28F2N4O4S. The van der Waals surface area contributed by atoms with E-state index in [1.54, 1.807) is 0 Å². The summed E-state index contributed by atoms with van der Waals surface area (Å²) >= 11 is 0. The average molecular weight is 495 g/mol. The molecule has 1 unspecified atom stereocenters. The van der Waals surface area contributed by atoms with Crippen molar-refractivity contribution in [1.82, 2.24) is 4.72 Å². The van der Waals surface area contributed by atoms with Gasteiger partial charge in [0.25, 0.3) is 5.91 Å². The molecule has 0 spiro atoms. The number of carbonyl (C=O) groups is 1. The summed E-state index contributed by atoms with van der Waals surface area (Å²) < 4.78 is 61.7. The highest BCUT2D eigenvalue weighted by atomic mass is 32.2. The van der Waals surface area contributed by atoms with Gasteiger partial charge in [0.1, 0.15) is 5.75 Å². The molecule has 2 rings (SSSR count). The Kier molecular flexibility index (Phi) is 9.28. The van der Waals surface area contributed by atoms with E-state index in [0.717, 1.165) is 25.0 Å². The lowest BCUT2D eigenvalue weighted by Gasteiger charge is -2.13. The van der Waals surface area contributed by atoms with Gasteiger partial charge >= 0.3 is 0 Å². The molecule has 0 aliphatic rings. The summed E-state index contributed by atoms with van der Waals surface area (Å²) in [6.07, 6.45) is 3.07. The van der Waals surface area contributed by atoms with E-state index < -0.39 is 39.3 Å². The summed E-state index contributed by atoms with van der Waals surface area (Å²) in [6.45, 7) is 5.68. The van der Waals surface area contributed by atoms with Crippen molar-refractivity contribution in [2.24, 2.45) is 22.4 Å². The SMILES string of the molecule is CCCC(C)CNS(=O)(=O)c1ccc(Oc2c(F)cc(/C=C(\C)C(=O)N=C(N)N)cc2F)cc1. The van der Waals surface area contributed by atoms with Gasteiger partial charge in [-0.1, -0.05) is 20.3 Å². The molecule has 0 saturated heterocycles. The van der Waals surface area contributed by atoms with E-state index in [1.807, 2.05) is 13.8 Å². The van der Waals surface area contributed by atoms with Crippen LogP contribution in [-0.4, -0.2) is 26.8 Å². The molecule has 11 heteroatoms. The minimum atomic E-state index is -3.72. The first-order chi connectivity index (χ1) is 15.9. The van der Waals surface area contributed by atoms with Crippen LogP contribution in [0.5, 0.6) is 11.5 Å². The number of hydrogen-bond acceptors (Lipinski definition) is 4. The Morgan fingerprint density at radius 1 is 1.18 bits per heavy atom. The van der Waals surface area contributed by atoms with Gasteiger partial charge < -0.3 is 16.2 Å². The number of hydrogen-bond donors (Lipinski definition) is 3. The molecule has 0 bridgehead atoms. The lowest BCUT2D eigenvalue weighted by Crippen LogP contribution is -2.28. The Bertz CT molecular complexity index is 1170. The van der Waals surface area contributed by atoms with E-state index in [1.165, 1.54) is 37.3 Å². The van der Waals surface area contributed by atoms with E-state index in [2.05, 4.69) is 9.71 Å². The number of nitrogens with one attached hydrogen (secondary N) is 1. The first-order valence-electron chi connectivity index (χ1n) is 10.5. The molecule has 0 aromatic heterocycles. The molecule has 0 fully saturated rings. The second-order valence-corrected chi connectivity index (χ2v) is 9.57. The number of amides is 1. The molecule has 2 aromatic carbocycles. The molecule has 184 valence electrons. The first-order valence-corrected chi connectivity index (χ1v) is 12.0. The minimum absolute atomic E-state index is 0.00546. The lowest BCUT2D eigenvalue weighted by atomic mass is 10.1. The number of rotatable bonds is 10. The van der Waals surface area contributed by atoms with Crippen molar-refractivity contribution in [1.29, 1.82) is 0 Å². The van der Waals surface area contributed by atoms with Crippen LogP contribution in [0.2, 0.25) is 0 Å². The third-order valence-corrected chi connectivity index (χ3v) is 6.17. The van der Waals surface area contributed by atoms with Crippen molar-refractivity contribution < 1.29 is 26.7 Å². The number of nitrogens with zero attached hydrogens (tertiary/aromatic N) is 1. The van der Waals surface area contributed by atoms with Gasteiger partial charge in [-0.3, -0.25) is 4.79 Å². The van der Waals surface area contributed by atoms with Crippen LogP contribution in [0.25, 0.3) is 6.08 Å². The van der Waals surface area contributed by atoms with Gasteiger partial charge in [-0.15, -0.1) is 0 Å². The van der Waals surface area contributed by atoms with Gasteiger partial charge in [0.05, 0.1) is 4.90 Å². The highest BCUT2D eigenvalue weighted by Gasteiger charge is 2.17. The molecule has 0 aliphatic heterocycles. The van der Waals surface area contributed by atoms with E-state index in [0.29, 0.717) is 6.54 Å². The normalized spacial score (nSPS) is 12.8. The maximum Gasteiger partial charge on any atom is 0.275 e. The summed E-state index contributed by atoms with van der Waals surface area (Å²) in [5.41, 5.74) is 10.4. The Labute approximate surface area is 197 Å². The standard InChI is InChI=1S/C23H28F2N4O4S/c1-4-5-14(2)13-28-34(31,32)18-8-6-17(7-9-18)33-21-19(24)11-16(12-20(21)25)10-15(3)22(30)29-23(26)27/h6-12,14,28H,4-5,13H2,1-3H3,(H4,26,27,29,30)/b15-10+. The third kappa shape index (κ3) is 7.63. The Hall–Kier alpha value is -3.31. The second-order valence-electron chi connectivity index (χ2n) is 7.80. The Morgan fingerprint density at radius 3 is 2.29 bits per heavy atom. The highest BCUT2D eigenvalue weighted by Crippen LogP contribution is 2.30. The van der Waals surface area contributed by atoms with Crippen molar-refractivity contribution >= 4 is 28.0 Å². The molecule has 8 nitrogen and oxygen atoms in total. The monoisotopic (exact) mass is 494 g/mol. The Balaban J connectivity index is 2.17. The summed E-state index contributed by atoms with van der Waals surface area (Å²) in [4.78, 5) is 15.1. The van der Waals surface area contributed by atoms with E-state index >= 15 is 0 Å². The summed E-state index contributed by atoms with van der Waals surface area (Å²) in [7, 11) is -3.72. The molecule has 34 heavy (non-hydrogen) atoms. The first kappa shape index (κ1) is 26.9. The second kappa shape index (κ2) is 11.7. The van der Waals surface area contributed by atoms with Crippen LogP contribution in [-0.2, 0) is 14.8 Å². The zero-order chi connectivity index (χ0) is 25.5. The van der Waals surface area contributed by atoms with Crippen LogP contribution in [0.15, 0.2) is 51.9 Å². The third-order valence-electron chi connectivity index (χ3n) is 4.73. The van der Waals surface area contributed by atoms with Gasteiger partial charge in [-0.05, 0) is 67.3 Å². The molecule has 0 radical (unpaired) electrons. The molecule has 0 saturated carbocycles. The van der Waals surface area contributed by atoms with E-state index in [-0.39, 0.29) is 27.7 Å². The average Bonchev–Trinajstić information content (AvgIpc) is 2.75. The van der Waals surface area contributed by atoms with Crippen LogP contribution in [0.4, 0.5) is 8.78 Å². The molecule has 0 heterocycles. The molecule has 2 aromatic rings. The number of guanidine groups is 1. The fraction of sp³-hybridized carbons (Fsp3) is 0.304. The van der Waals surface area contributed by atoms with Gasteiger partial charge in [0.2, 0.25) is 10.0 Å². The van der Waals surface area contributed by atoms with Gasteiger partial charge in [-0.2, -0.15) is 4.99 Å². The number of aliphatic imine (C=N–C) groups is 1. The van der Waals surface area contributed by atoms with Crippen LogP contribution < -0.4 is 20.9 Å². The molecule has 0 aliphatic carbocycles. The summed E-state index contributed by atoms with van der Waals surface area (Å²) in [6, 6.07) is 7.13. The number of carbonyl (C=O) groups excluding carboxylic acids is 1. The summed E-state index contributed by atoms with van der Waals surface area (Å²) in [5.74, 6) is -3.65. The van der Waals surface area contributed by atoms with Crippen molar-refractivity contribution in [3.05, 3.63) is 59.2 Å². The van der Waals surface area contributed by atoms with Crippen molar-refractivity contribution in [3.8, 4) is 11.5 Å². The number of nitrogens with two attached hydrogens (primary N) is 2. The Morgan fingerprint density at radius 2 is 1.76 bits per heavy atom. The summed E-state index contributed by atoms with van der Waals surface area (Å²) in [5, 5.41) is 0. The molecule has 1 amide bonds. The van der Waals surface area contributed by atoms with Crippen LogP contribution in [0.3, 0.4) is 0 Å². The van der Waals surface area contributed by atoms with Crippen LogP contribution >= 0.6 is 0 Å². The van der Waals surface area contributed by atoms with Crippen molar-refractivity contribution in [3.63, 3.8) is 0 Å². The van der Waals surface area contributed by atoms with Crippen molar-refractivity contribution in [2.45, 2.75) is 38.5 Å². The smallest absolute Gasteiger partial charge is 0.275 e. The van der Waals surface area contributed by atoms with Gasteiger partial charge in [0, 0.05) is 12.1 Å². The lowest BCUT2D eigenvalue weighted by molar-refractivity contribution is -0.114. The zero-order valence-electron chi connectivity index (χ0n) is 19.1. The maximum absolute atomic E-state index is 14.5. The largest absolute Gasteiger partial charge is 0.451 e. The topological polar surface area (TPSA) is 137 Å². The van der Waals surface area contributed by atoms with Crippen LogP contribution in [0, 0.1) is 17.6 Å². The number of ether oxygens (including phenoxy) is 1. The quantitative estimate of drug-likeness (QED) is 0.262.